The molecular formula is C33H42N4O3. The first-order chi connectivity index (χ1) is 19.2. The van der Waals surface area contributed by atoms with Crippen LogP contribution in [-0.2, 0) is 27.3 Å². The SMILES string of the molecule is CC(C)(C)C(=O)N1CCCC1C(=O)NC(Cc1ccc2ccccc2c1)C(=O)NCCCNCc1ccccc1. The van der Waals surface area contributed by atoms with Crippen molar-refractivity contribution in [1.29, 1.82) is 0 Å². The number of nitrogens with one attached hydrogen (secondary N) is 3. The number of carbonyl (C=O) groups is 3. The number of nitrogens with zero attached hydrogens (tertiary/aromatic N) is 1. The first-order valence-electron chi connectivity index (χ1n) is 14.3. The van der Waals surface area contributed by atoms with Crippen LogP contribution in [0.15, 0.2) is 72.8 Å². The van der Waals surface area contributed by atoms with Crippen molar-refractivity contribution in [1.82, 2.24) is 20.9 Å². The highest BCUT2D eigenvalue weighted by Crippen LogP contribution is 2.26. The summed E-state index contributed by atoms with van der Waals surface area (Å²) in [5.41, 5.74) is 1.62. The average molecular weight is 543 g/mol. The fraction of sp³-hybridized carbons (Fsp3) is 0.424. The van der Waals surface area contributed by atoms with E-state index < -0.39 is 17.5 Å². The molecule has 1 fully saturated rings. The number of fused-ring (bicyclic) bond motifs is 1. The van der Waals surface area contributed by atoms with E-state index >= 15 is 0 Å². The third-order valence-electron chi connectivity index (χ3n) is 7.35. The molecule has 7 nitrogen and oxygen atoms in total. The van der Waals surface area contributed by atoms with Crippen LogP contribution in [0, 0.1) is 5.41 Å². The molecule has 0 bridgehead atoms. The number of hydrogen-bond donors (Lipinski definition) is 3. The van der Waals surface area contributed by atoms with Crippen LogP contribution in [0.25, 0.3) is 10.8 Å². The lowest BCUT2D eigenvalue weighted by Gasteiger charge is -2.31. The monoisotopic (exact) mass is 542 g/mol. The highest BCUT2D eigenvalue weighted by atomic mass is 16.2. The van der Waals surface area contributed by atoms with E-state index in [9.17, 15) is 14.4 Å². The maximum Gasteiger partial charge on any atom is 0.243 e. The first-order valence-corrected chi connectivity index (χ1v) is 14.3. The molecule has 3 aromatic carbocycles. The van der Waals surface area contributed by atoms with Gasteiger partial charge in [0.15, 0.2) is 0 Å². The molecule has 1 aliphatic heterocycles. The van der Waals surface area contributed by atoms with E-state index in [2.05, 4.69) is 40.2 Å². The zero-order valence-corrected chi connectivity index (χ0v) is 23.9. The van der Waals surface area contributed by atoms with E-state index in [1.165, 1.54) is 5.56 Å². The molecule has 2 atom stereocenters. The minimum atomic E-state index is -0.738. The molecule has 7 heteroatoms. The van der Waals surface area contributed by atoms with Crippen LogP contribution in [0.1, 0.15) is 51.2 Å². The fourth-order valence-electron chi connectivity index (χ4n) is 5.17. The van der Waals surface area contributed by atoms with Crippen molar-refractivity contribution >= 4 is 28.5 Å². The summed E-state index contributed by atoms with van der Waals surface area (Å²) in [6.07, 6.45) is 2.52. The summed E-state index contributed by atoms with van der Waals surface area (Å²) in [4.78, 5) is 41.5. The molecule has 1 saturated heterocycles. The quantitative estimate of drug-likeness (QED) is 0.317. The van der Waals surface area contributed by atoms with E-state index in [-0.39, 0.29) is 17.7 Å². The Bertz CT molecular complexity index is 1300. The first kappa shape index (κ1) is 29.3. The van der Waals surface area contributed by atoms with Gasteiger partial charge in [-0.25, -0.2) is 0 Å². The molecule has 4 rings (SSSR count). The van der Waals surface area contributed by atoms with Crippen LogP contribution in [0.2, 0.25) is 0 Å². The molecule has 3 amide bonds. The smallest absolute Gasteiger partial charge is 0.243 e. The summed E-state index contributed by atoms with van der Waals surface area (Å²) < 4.78 is 0. The number of hydrogen-bond acceptors (Lipinski definition) is 4. The van der Waals surface area contributed by atoms with Gasteiger partial charge in [0.2, 0.25) is 17.7 Å². The maximum absolute atomic E-state index is 13.5. The highest BCUT2D eigenvalue weighted by molar-refractivity contribution is 5.93. The lowest BCUT2D eigenvalue weighted by molar-refractivity contribution is -0.145. The van der Waals surface area contributed by atoms with Crippen molar-refractivity contribution in [2.45, 2.75) is 65.1 Å². The van der Waals surface area contributed by atoms with Gasteiger partial charge in [0.25, 0.3) is 0 Å². The molecule has 3 N–H and O–H groups in total. The Kier molecular flexibility index (Phi) is 9.93. The van der Waals surface area contributed by atoms with Crippen molar-refractivity contribution in [3.63, 3.8) is 0 Å². The number of amides is 3. The summed E-state index contributed by atoms with van der Waals surface area (Å²) in [6.45, 7) is 8.21. The molecule has 2 unspecified atom stereocenters. The summed E-state index contributed by atoms with van der Waals surface area (Å²) in [5, 5.41) is 11.6. The molecule has 0 aromatic heterocycles. The van der Waals surface area contributed by atoms with Gasteiger partial charge in [-0.3, -0.25) is 14.4 Å². The predicted octanol–water partition coefficient (Wildman–Crippen LogP) is 4.20. The molecule has 1 aliphatic rings. The molecular weight excluding hydrogens is 500 g/mol. The second kappa shape index (κ2) is 13.6. The Balaban J connectivity index is 1.39. The second-order valence-electron chi connectivity index (χ2n) is 11.7. The minimum Gasteiger partial charge on any atom is -0.354 e. The Labute approximate surface area is 237 Å². The molecule has 1 heterocycles. The van der Waals surface area contributed by atoms with Gasteiger partial charge in [-0.1, -0.05) is 93.6 Å². The molecule has 3 aromatic rings. The minimum absolute atomic E-state index is 0.0383. The zero-order valence-electron chi connectivity index (χ0n) is 23.9. The van der Waals surface area contributed by atoms with Crippen LogP contribution in [0.5, 0.6) is 0 Å². The van der Waals surface area contributed by atoms with Gasteiger partial charge < -0.3 is 20.9 Å². The van der Waals surface area contributed by atoms with Gasteiger partial charge in [-0.2, -0.15) is 0 Å². The molecule has 0 aliphatic carbocycles. The van der Waals surface area contributed by atoms with Gasteiger partial charge in [-0.05, 0) is 47.7 Å². The summed E-state index contributed by atoms with van der Waals surface area (Å²) in [5.74, 6) is -0.513. The van der Waals surface area contributed by atoms with Crippen molar-refractivity contribution in [2.75, 3.05) is 19.6 Å². The third kappa shape index (κ3) is 7.92. The largest absolute Gasteiger partial charge is 0.354 e. The van der Waals surface area contributed by atoms with Gasteiger partial charge in [-0.15, -0.1) is 0 Å². The normalized spacial score (nSPS) is 16.1. The van der Waals surface area contributed by atoms with Crippen LogP contribution >= 0.6 is 0 Å². The van der Waals surface area contributed by atoms with Crippen LogP contribution in [-0.4, -0.2) is 54.3 Å². The number of rotatable bonds is 11. The lowest BCUT2D eigenvalue weighted by atomic mass is 9.94. The van der Waals surface area contributed by atoms with Crippen LogP contribution in [0.3, 0.4) is 0 Å². The van der Waals surface area contributed by atoms with Crippen molar-refractivity contribution in [2.24, 2.45) is 5.41 Å². The summed E-state index contributed by atoms with van der Waals surface area (Å²) >= 11 is 0. The zero-order chi connectivity index (χ0) is 28.5. The molecule has 0 radical (unpaired) electrons. The van der Waals surface area contributed by atoms with Gasteiger partial charge in [0.05, 0.1) is 0 Å². The fourth-order valence-corrected chi connectivity index (χ4v) is 5.17. The highest BCUT2D eigenvalue weighted by Gasteiger charge is 2.39. The Morgan fingerprint density at radius 3 is 2.38 bits per heavy atom. The molecule has 0 saturated carbocycles. The maximum atomic E-state index is 13.5. The van der Waals surface area contributed by atoms with Gasteiger partial charge >= 0.3 is 0 Å². The number of carbonyl (C=O) groups excluding carboxylic acids is 3. The Morgan fingerprint density at radius 1 is 0.900 bits per heavy atom. The van der Waals surface area contributed by atoms with E-state index in [1.54, 1.807) is 4.90 Å². The van der Waals surface area contributed by atoms with Gasteiger partial charge in [0.1, 0.15) is 12.1 Å². The van der Waals surface area contributed by atoms with Crippen LogP contribution in [0.4, 0.5) is 0 Å². The van der Waals surface area contributed by atoms with Crippen LogP contribution < -0.4 is 16.0 Å². The van der Waals surface area contributed by atoms with E-state index in [4.69, 9.17) is 0 Å². The summed E-state index contributed by atoms with van der Waals surface area (Å²) in [7, 11) is 0. The van der Waals surface area contributed by atoms with Gasteiger partial charge in [0, 0.05) is 31.5 Å². The lowest BCUT2D eigenvalue weighted by Crippen LogP contribution is -2.55. The van der Waals surface area contributed by atoms with E-state index in [0.29, 0.717) is 25.9 Å². The molecule has 212 valence electrons. The predicted molar refractivity (Wildman–Crippen MR) is 160 cm³/mol. The molecule has 0 spiro atoms. The average Bonchev–Trinajstić information content (AvgIpc) is 3.44. The Morgan fingerprint density at radius 2 is 1.62 bits per heavy atom. The standard InChI is InChI=1S/C33H42N4O3/c1-33(2,3)32(40)37-20-9-15-29(37)31(39)36-28(22-25-16-17-26-13-7-8-14-27(26)21-25)30(38)35-19-10-18-34-23-24-11-5-4-6-12-24/h4-8,11-14,16-17,21,28-29,34H,9-10,15,18-20,22-23H2,1-3H3,(H,35,38)(H,36,39). The van der Waals surface area contributed by atoms with Crippen molar-refractivity contribution < 1.29 is 14.4 Å². The third-order valence-corrected chi connectivity index (χ3v) is 7.35. The second-order valence-corrected chi connectivity index (χ2v) is 11.7. The Hall–Kier alpha value is -3.71. The topological polar surface area (TPSA) is 90.5 Å². The van der Waals surface area contributed by atoms with Crippen molar-refractivity contribution in [3.05, 3.63) is 83.9 Å². The van der Waals surface area contributed by atoms with E-state index in [1.807, 2.05) is 69.3 Å². The number of benzene rings is 3. The molecule has 40 heavy (non-hydrogen) atoms. The van der Waals surface area contributed by atoms with Crippen molar-refractivity contribution in [3.8, 4) is 0 Å². The number of likely N-dealkylation sites (tertiary alicyclic amines) is 1. The van der Waals surface area contributed by atoms with E-state index in [0.717, 1.165) is 42.3 Å². The summed E-state index contributed by atoms with van der Waals surface area (Å²) in [6, 6.07) is 23.1.